The highest BCUT2D eigenvalue weighted by Crippen LogP contribution is 2.38. The number of likely N-dealkylation sites (N-methyl/N-ethyl adjacent to an activating group) is 1. The molecule has 1 amide bonds. The monoisotopic (exact) mass is 997 g/mol. The summed E-state index contributed by atoms with van der Waals surface area (Å²) in [6.45, 7) is 4.71. The van der Waals surface area contributed by atoms with Crippen LogP contribution in [0.15, 0.2) is 12.2 Å². The van der Waals surface area contributed by atoms with Gasteiger partial charge in [0.1, 0.15) is 13.2 Å². The second-order valence-electron chi connectivity index (χ2n) is 22.4. The van der Waals surface area contributed by atoms with Gasteiger partial charge in [0.2, 0.25) is 5.91 Å². The molecule has 3 atom stereocenters. The van der Waals surface area contributed by atoms with Gasteiger partial charge in [-0.3, -0.25) is 9.36 Å². The summed E-state index contributed by atoms with van der Waals surface area (Å²) in [5, 5.41) is 13.9. The lowest BCUT2D eigenvalue weighted by Gasteiger charge is -2.30. The van der Waals surface area contributed by atoms with Gasteiger partial charge in [-0.05, 0) is 38.5 Å². The second kappa shape index (κ2) is 52.1. The fourth-order valence-electron chi connectivity index (χ4n) is 9.45. The molecule has 69 heavy (non-hydrogen) atoms. The second-order valence-corrected chi connectivity index (χ2v) is 23.8. The average molecular weight is 998 g/mol. The molecular weight excluding hydrogens is 876 g/mol. The summed E-state index contributed by atoms with van der Waals surface area (Å²) < 4.78 is 23.3. The van der Waals surface area contributed by atoms with Gasteiger partial charge >= 0.3 is 0 Å². The predicted molar refractivity (Wildman–Crippen MR) is 298 cm³/mol. The van der Waals surface area contributed by atoms with E-state index in [1.54, 1.807) is 0 Å². The molecule has 3 unspecified atom stereocenters. The number of carbonyl (C=O) groups excluding carboxylic acids is 1. The van der Waals surface area contributed by atoms with Crippen molar-refractivity contribution < 1.29 is 32.9 Å². The van der Waals surface area contributed by atoms with Gasteiger partial charge in [-0.25, -0.2) is 0 Å². The lowest BCUT2D eigenvalue weighted by molar-refractivity contribution is -0.870. The number of quaternary nitrogens is 1. The Kier molecular flexibility index (Phi) is 51.5. The lowest BCUT2D eigenvalue weighted by Crippen LogP contribution is -2.46. The first-order valence-electron chi connectivity index (χ1n) is 30.5. The van der Waals surface area contributed by atoms with Crippen LogP contribution >= 0.6 is 7.82 Å². The van der Waals surface area contributed by atoms with Crippen molar-refractivity contribution in [1.29, 1.82) is 0 Å². The number of hydrogen-bond acceptors (Lipinski definition) is 6. The van der Waals surface area contributed by atoms with Crippen LogP contribution in [0.5, 0.6) is 0 Å². The van der Waals surface area contributed by atoms with Gasteiger partial charge < -0.3 is 28.8 Å². The van der Waals surface area contributed by atoms with Crippen LogP contribution in [0.4, 0.5) is 0 Å². The number of amides is 1. The van der Waals surface area contributed by atoms with Crippen LogP contribution in [0.2, 0.25) is 0 Å². The summed E-state index contributed by atoms with van der Waals surface area (Å²) in [5.74, 6) is -0.161. The zero-order valence-electron chi connectivity index (χ0n) is 47.0. The molecular formula is C60H121N2O6P. The Morgan fingerprint density at radius 3 is 1.13 bits per heavy atom. The Bertz CT molecular complexity index is 1130. The van der Waals surface area contributed by atoms with E-state index in [9.17, 15) is 19.4 Å². The molecule has 0 aliphatic carbocycles. The van der Waals surface area contributed by atoms with Crippen LogP contribution in [0.1, 0.15) is 316 Å². The molecule has 8 nitrogen and oxygen atoms in total. The van der Waals surface area contributed by atoms with Crippen LogP contribution in [-0.2, 0) is 18.4 Å². The highest BCUT2D eigenvalue weighted by Gasteiger charge is 2.24. The van der Waals surface area contributed by atoms with Crippen LogP contribution < -0.4 is 10.2 Å². The van der Waals surface area contributed by atoms with Gasteiger partial charge in [0.25, 0.3) is 7.82 Å². The number of phosphoric ester groups is 1. The molecule has 0 heterocycles. The molecule has 0 saturated carbocycles. The van der Waals surface area contributed by atoms with Gasteiger partial charge in [-0.2, -0.15) is 0 Å². The summed E-state index contributed by atoms with van der Waals surface area (Å²) in [6.07, 6.45) is 64.6. The highest BCUT2D eigenvalue weighted by atomic mass is 31.2. The molecule has 2 N–H and O–H groups in total. The summed E-state index contributed by atoms with van der Waals surface area (Å²) in [5.41, 5.74) is 0. The normalized spacial score (nSPS) is 13.9. The van der Waals surface area contributed by atoms with E-state index in [1.165, 1.54) is 250 Å². The molecule has 0 spiro atoms. The standard InChI is InChI=1S/C60H121N2O6P/c1-6-8-10-12-14-16-17-18-19-20-21-22-23-24-25-26-27-28-29-30-31-32-33-34-35-36-37-38-39-40-41-42-43-44-45-46-48-50-52-54-60(64)61-58(57-68-69(65,66)67-56-55-62(3,4)5)59(63)53-51-49-47-15-13-11-9-7-2/h20-21,58-59,63H,6-19,22-57H2,1-5H3,(H-,61,64,65,66)/b21-20-. The molecule has 0 fully saturated rings. The predicted octanol–water partition coefficient (Wildman–Crippen LogP) is 18.0. The van der Waals surface area contributed by atoms with E-state index in [-0.39, 0.29) is 19.1 Å². The van der Waals surface area contributed by atoms with Gasteiger partial charge in [0, 0.05) is 6.42 Å². The molecule has 0 radical (unpaired) electrons. The molecule has 412 valence electrons. The van der Waals surface area contributed by atoms with Crippen LogP contribution in [0, 0.1) is 0 Å². The molecule has 0 aromatic carbocycles. The number of allylic oxidation sites excluding steroid dienone is 2. The van der Waals surface area contributed by atoms with Crippen molar-refractivity contribution in [3.63, 3.8) is 0 Å². The number of hydrogen-bond donors (Lipinski definition) is 2. The summed E-state index contributed by atoms with van der Waals surface area (Å²) in [6, 6.07) is -0.793. The van der Waals surface area contributed by atoms with Crippen LogP contribution in [0.25, 0.3) is 0 Å². The van der Waals surface area contributed by atoms with E-state index >= 15 is 0 Å². The molecule has 0 rings (SSSR count). The van der Waals surface area contributed by atoms with E-state index < -0.39 is 20.0 Å². The first-order chi connectivity index (χ1) is 33.5. The quantitative estimate of drug-likeness (QED) is 0.0272. The van der Waals surface area contributed by atoms with E-state index in [2.05, 4.69) is 31.3 Å². The van der Waals surface area contributed by atoms with Crippen molar-refractivity contribution >= 4 is 13.7 Å². The third-order valence-corrected chi connectivity index (χ3v) is 15.2. The average Bonchev–Trinajstić information content (AvgIpc) is 3.31. The van der Waals surface area contributed by atoms with Crippen molar-refractivity contribution in [2.45, 2.75) is 328 Å². The first-order valence-corrected chi connectivity index (χ1v) is 32.0. The fourth-order valence-corrected chi connectivity index (χ4v) is 10.2. The Morgan fingerprint density at radius 2 is 0.797 bits per heavy atom. The molecule has 0 aliphatic heterocycles. The third-order valence-electron chi connectivity index (χ3n) is 14.3. The molecule has 0 aromatic heterocycles. The van der Waals surface area contributed by atoms with Gasteiger partial charge in [0.05, 0.1) is 39.9 Å². The number of aliphatic hydroxyl groups is 1. The third kappa shape index (κ3) is 54.8. The number of phosphoric acid groups is 1. The lowest BCUT2D eigenvalue weighted by atomic mass is 10.0. The Labute approximate surface area is 431 Å². The number of carbonyl (C=O) groups is 1. The summed E-state index contributed by atoms with van der Waals surface area (Å²) in [7, 11) is 1.32. The Morgan fingerprint density at radius 1 is 0.493 bits per heavy atom. The number of aliphatic hydroxyl groups excluding tert-OH is 1. The summed E-state index contributed by atoms with van der Waals surface area (Å²) in [4.78, 5) is 25.4. The minimum absolute atomic E-state index is 0.0151. The maximum absolute atomic E-state index is 12.9. The smallest absolute Gasteiger partial charge is 0.268 e. The van der Waals surface area contributed by atoms with Crippen LogP contribution in [0.3, 0.4) is 0 Å². The van der Waals surface area contributed by atoms with Crippen molar-refractivity contribution in [1.82, 2.24) is 5.32 Å². The molecule has 9 heteroatoms. The van der Waals surface area contributed by atoms with E-state index in [1.807, 2.05) is 21.1 Å². The largest absolute Gasteiger partial charge is 0.756 e. The topological polar surface area (TPSA) is 108 Å². The van der Waals surface area contributed by atoms with Crippen molar-refractivity contribution in [3.8, 4) is 0 Å². The zero-order chi connectivity index (χ0) is 50.6. The fraction of sp³-hybridized carbons (Fsp3) is 0.950. The highest BCUT2D eigenvalue weighted by molar-refractivity contribution is 7.45. The molecule has 0 aliphatic rings. The van der Waals surface area contributed by atoms with Crippen molar-refractivity contribution in [2.75, 3.05) is 40.9 Å². The van der Waals surface area contributed by atoms with Gasteiger partial charge in [-0.15, -0.1) is 0 Å². The molecule has 0 saturated heterocycles. The minimum Gasteiger partial charge on any atom is -0.756 e. The summed E-state index contributed by atoms with van der Waals surface area (Å²) >= 11 is 0. The van der Waals surface area contributed by atoms with E-state index in [0.717, 1.165) is 38.5 Å². The molecule has 0 bridgehead atoms. The maximum Gasteiger partial charge on any atom is 0.268 e. The van der Waals surface area contributed by atoms with E-state index in [0.29, 0.717) is 23.9 Å². The number of rotatable bonds is 57. The number of unbranched alkanes of at least 4 members (excludes halogenated alkanes) is 42. The SMILES string of the molecule is CCCCCCCCCC/C=C\CCCCCCCCCCCCCCCCCCCCCCCCCCCCCC(=O)NC(COP(=O)([O-])OCC[N+](C)(C)C)C(O)CCCCCCCCCC. The Balaban J connectivity index is 3.71. The number of nitrogens with zero attached hydrogens (tertiary/aromatic N) is 1. The first kappa shape index (κ1) is 68.2. The van der Waals surface area contributed by atoms with Crippen molar-refractivity contribution in [3.05, 3.63) is 12.2 Å². The zero-order valence-corrected chi connectivity index (χ0v) is 47.9. The minimum atomic E-state index is -4.56. The van der Waals surface area contributed by atoms with Gasteiger partial charge in [-0.1, -0.05) is 283 Å². The number of nitrogens with one attached hydrogen (secondary N) is 1. The molecule has 0 aromatic rings. The van der Waals surface area contributed by atoms with E-state index in [4.69, 9.17) is 9.05 Å². The Hall–Kier alpha value is -0.760. The van der Waals surface area contributed by atoms with Crippen molar-refractivity contribution in [2.24, 2.45) is 0 Å². The van der Waals surface area contributed by atoms with Gasteiger partial charge in [0.15, 0.2) is 0 Å². The maximum atomic E-state index is 12.9. The van der Waals surface area contributed by atoms with Crippen LogP contribution in [-0.4, -0.2) is 68.5 Å².